The van der Waals surface area contributed by atoms with Crippen LogP contribution in [-0.2, 0) is 19.4 Å². The zero-order valence-corrected chi connectivity index (χ0v) is 20.0. The van der Waals surface area contributed by atoms with E-state index in [4.69, 9.17) is 14.2 Å². The van der Waals surface area contributed by atoms with Gasteiger partial charge in [0.15, 0.2) is 17.5 Å². The molecule has 0 radical (unpaired) electrons. The Hall–Kier alpha value is -2.30. The Morgan fingerprint density at radius 2 is 2.06 bits per heavy atom. The Morgan fingerprint density at radius 3 is 2.81 bits per heavy atom. The van der Waals surface area contributed by atoms with Crippen LogP contribution in [0.25, 0.3) is 0 Å². The lowest BCUT2D eigenvalue weighted by Crippen LogP contribution is -2.38. The molecule has 0 saturated heterocycles. The highest BCUT2D eigenvalue weighted by atomic mass is 127. The van der Waals surface area contributed by atoms with Crippen LogP contribution in [0.2, 0.25) is 0 Å². The Balaban J connectivity index is 0.00000341. The Morgan fingerprint density at radius 1 is 1.23 bits per heavy atom. The third-order valence-corrected chi connectivity index (χ3v) is 4.70. The maximum absolute atomic E-state index is 12.9. The van der Waals surface area contributed by atoms with E-state index in [1.807, 2.05) is 6.07 Å². The first-order valence-electron chi connectivity index (χ1n) is 9.99. The van der Waals surface area contributed by atoms with Crippen molar-refractivity contribution in [2.75, 3.05) is 26.8 Å². The summed E-state index contributed by atoms with van der Waals surface area (Å²) >= 11 is 0. The van der Waals surface area contributed by atoms with Gasteiger partial charge in [-0.1, -0.05) is 24.3 Å². The predicted molar refractivity (Wildman–Crippen MR) is 127 cm³/mol. The van der Waals surface area contributed by atoms with Gasteiger partial charge in [0.1, 0.15) is 5.75 Å². The molecule has 0 spiro atoms. The summed E-state index contributed by atoms with van der Waals surface area (Å²) in [6.45, 7) is 0.902. The predicted octanol–water partition coefficient (Wildman–Crippen LogP) is 4.15. The summed E-state index contributed by atoms with van der Waals surface area (Å²) in [6.07, 6.45) is 1.78. The lowest BCUT2D eigenvalue weighted by atomic mass is 10.1. The second-order valence-electron chi connectivity index (χ2n) is 6.70. The molecule has 1 aliphatic heterocycles. The number of hydrogen-bond donors (Lipinski definition) is 2. The van der Waals surface area contributed by atoms with Gasteiger partial charge in [0, 0.05) is 32.1 Å². The zero-order valence-electron chi connectivity index (χ0n) is 17.6. The summed E-state index contributed by atoms with van der Waals surface area (Å²) in [4.78, 5) is 4.20. The van der Waals surface area contributed by atoms with E-state index in [2.05, 4.69) is 27.8 Å². The minimum absolute atomic E-state index is 0. The molecule has 31 heavy (non-hydrogen) atoms. The molecule has 0 atom stereocenters. The minimum Gasteiger partial charge on any atom is -0.493 e. The monoisotopic (exact) mass is 547 g/mol. The maximum Gasteiger partial charge on any atom is 0.387 e. The molecule has 0 aliphatic carbocycles. The van der Waals surface area contributed by atoms with Crippen molar-refractivity contribution in [3.8, 4) is 17.2 Å². The highest BCUT2D eigenvalue weighted by Gasteiger charge is 2.16. The van der Waals surface area contributed by atoms with Gasteiger partial charge in [-0.05, 0) is 36.6 Å². The van der Waals surface area contributed by atoms with E-state index in [-0.39, 0.29) is 36.3 Å². The van der Waals surface area contributed by atoms with Gasteiger partial charge in [0.2, 0.25) is 0 Å². The van der Waals surface area contributed by atoms with Gasteiger partial charge in [-0.3, -0.25) is 4.99 Å². The Labute approximate surface area is 198 Å². The van der Waals surface area contributed by atoms with E-state index < -0.39 is 6.61 Å². The topological polar surface area (TPSA) is 64.1 Å². The minimum atomic E-state index is -2.93. The molecule has 0 unspecified atom stereocenters. The van der Waals surface area contributed by atoms with Crippen molar-refractivity contribution < 1.29 is 23.0 Å². The number of benzene rings is 2. The van der Waals surface area contributed by atoms with E-state index in [0.717, 1.165) is 25.2 Å². The summed E-state index contributed by atoms with van der Waals surface area (Å²) in [5.41, 5.74) is 3.03. The fraction of sp³-hybridized carbons (Fsp3) is 0.409. The first-order chi connectivity index (χ1) is 14.6. The number of halogens is 3. The molecule has 0 bridgehead atoms. The standard InChI is InChI=1S/C22H27F2N3O3.HI/c1-3-28-19-6-4-5-17(20(19)30-21(23)24)14-27-22(25-2)26-11-9-15-7-8-18-16(13-15)10-12-29-18;/h4-8,13,21H,3,9-12,14H2,1-2H3,(H2,25,26,27);1H. The van der Waals surface area contributed by atoms with Crippen LogP contribution in [0.5, 0.6) is 17.2 Å². The second kappa shape index (κ2) is 12.5. The molecule has 0 aromatic heterocycles. The molecule has 2 N–H and O–H groups in total. The lowest BCUT2D eigenvalue weighted by molar-refractivity contribution is -0.0520. The summed E-state index contributed by atoms with van der Waals surface area (Å²) < 4.78 is 41.4. The van der Waals surface area contributed by atoms with Crippen molar-refractivity contribution in [3.63, 3.8) is 0 Å². The van der Waals surface area contributed by atoms with Crippen LogP contribution in [0.15, 0.2) is 41.4 Å². The average molecular weight is 547 g/mol. The molecular formula is C22H28F2IN3O3. The summed E-state index contributed by atoms with van der Waals surface area (Å²) in [6, 6.07) is 11.3. The van der Waals surface area contributed by atoms with Crippen LogP contribution in [0.3, 0.4) is 0 Å². The number of nitrogens with one attached hydrogen (secondary N) is 2. The number of para-hydroxylation sites is 1. The largest absolute Gasteiger partial charge is 0.493 e. The maximum atomic E-state index is 12.9. The number of nitrogens with zero attached hydrogens (tertiary/aromatic N) is 1. The number of aliphatic imine (C=N–C) groups is 1. The van der Waals surface area contributed by atoms with Gasteiger partial charge >= 0.3 is 6.61 Å². The van der Waals surface area contributed by atoms with E-state index in [0.29, 0.717) is 30.4 Å². The molecule has 0 saturated carbocycles. The van der Waals surface area contributed by atoms with Crippen LogP contribution in [-0.4, -0.2) is 39.4 Å². The SMILES string of the molecule is CCOc1cccc(CNC(=NC)NCCc2ccc3c(c2)CCO3)c1OC(F)F.I. The van der Waals surface area contributed by atoms with E-state index in [9.17, 15) is 8.78 Å². The number of fused-ring (bicyclic) bond motifs is 1. The summed E-state index contributed by atoms with van der Waals surface area (Å²) in [7, 11) is 1.66. The van der Waals surface area contributed by atoms with Crippen molar-refractivity contribution in [2.24, 2.45) is 4.99 Å². The van der Waals surface area contributed by atoms with Crippen LogP contribution in [0.4, 0.5) is 8.78 Å². The first kappa shape index (κ1) is 25.0. The van der Waals surface area contributed by atoms with Gasteiger partial charge in [-0.15, -0.1) is 24.0 Å². The fourth-order valence-electron chi connectivity index (χ4n) is 3.31. The third-order valence-electron chi connectivity index (χ3n) is 4.70. The normalized spacial score (nSPS) is 12.6. The van der Waals surface area contributed by atoms with Crippen LogP contribution in [0, 0.1) is 0 Å². The molecule has 1 aliphatic rings. The van der Waals surface area contributed by atoms with Gasteiger partial charge in [-0.2, -0.15) is 8.78 Å². The molecule has 0 amide bonds. The van der Waals surface area contributed by atoms with Crippen molar-refractivity contribution in [2.45, 2.75) is 32.9 Å². The number of rotatable bonds is 9. The molecule has 3 rings (SSSR count). The fourth-order valence-corrected chi connectivity index (χ4v) is 3.31. The van der Waals surface area contributed by atoms with Crippen LogP contribution in [0.1, 0.15) is 23.6 Å². The highest BCUT2D eigenvalue weighted by Crippen LogP contribution is 2.32. The van der Waals surface area contributed by atoms with Gasteiger partial charge in [-0.25, -0.2) is 0 Å². The number of hydrogen-bond acceptors (Lipinski definition) is 4. The third kappa shape index (κ3) is 7.12. The van der Waals surface area contributed by atoms with E-state index >= 15 is 0 Å². The lowest BCUT2D eigenvalue weighted by Gasteiger charge is -2.17. The molecule has 170 valence electrons. The van der Waals surface area contributed by atoms with Crippen molar-refractivity contribution >= 4 is 29.9 Å². The van der Waals surface area contributed by atoms with Gasteiger partial charge in [0.05, 0.1) is 13.2 Å². The average Bonchev–Trinajstić information content (AvgIpc) is 3.20. The molecule has 2 aromatic rings. The molecule has 9 heteroatoms. The van der Waals surface area contributed by atoms with Crippen molar-refractivity contribution in [1.82, 2.24) is 10.6 Å². The van der Waals surface area contributed by atoms with Crippen molar-refractivity contribution in [1.29, 1.82) is 0 Å². The van der Waals surface area contributed by atoms with Crippen molar-refractivity contribution in [3.05, 3.63) is 53.1 Å². The molecule has 0 fully saturated rings. The Bertz CT molecular complexity index is 881. The quantitative estimate of drug-likeness (QED) is 0.281. The molecular weight excluding hydrogens is 519 g/mol. The number of guanidine groups is 1. The molecule has 1 heterocycles. The van der Waals surface area contributed by atoms with Gasteiger partial charge < -0.3 is 24.8 Å². The van der Waals surface area contributed by atoms with Crippen LogP contribution >= 0.6 is 24.0 Å². The number of alkyl halides is 2. The highest BCUT2D eigenvalue weighted by molar-refractivity contribution is 14.0. The van der Waals surface area contributed by atoms with E-state index in [1.165, 1.54) is 11.1 Å². The second-order valence-corrected chi connectivity index (χ2v) is 6.70. The summed E-state index contributed by atoms with van der Waals surface area (Å²) in [5.74, 6) is 1.88. The van der Waals surface area contributed by atoms with E-state index in [1.54, 1.807) is 32.2 Å². The smallest absolute Gasteiger partial charge is 0.387 e. The van der Waals surface area contributed by atoms with Gasteiger partial charge in [0.25, 0.3) is 0 Å². The zero-order chi connectivity index (χ0) is 21.3. The molecule has 6 nitrogen and oxygen atoms in total. The summed E-state index contributed by atoms with van der Waals surface area (Å²) in [5, 5.41) is 6.38. The van der Waals surface area contributed by atoms with Crippen LogP contribution < -0.4 is 24.8 Å². The molecule has 2 aromatic carbocycles. The first-order valence-corrected chi connectivity index (χ1v) is 9.99. The Kier molecular flexibility index (Phi) is 10.1. The number of ether oxygens (including phenoxy) is 3.